The van der Waals surface area contributed by atoms with Gasteiger partial charge in [0.15, 0.2) is 27.8 Å². The summed E-state index contributed by atoms with van der Waals surface area (Å²) in [4.78, 5) is 44.0. The number of carbonyl (C=O) groups is 1. The van der Waals surface area contributed by atoms with Crippen molar-refractivity contribution in [1.82, 2.24) is 4.57 Å². The van der Waals surface area contributed by atoms with Crippen LogP contribution in [0.5, 0.6) is 23.0 Å². The smallest absolute Gasteiger partial charge is 0.338 e. The molecule has 47 heavy (non-hydrogen) atoms. The molecule has 0 aliphatic carbocycles. The first-order valence-electron chi connectivity index (χ1n) is 14.9. The number of aromatic hydroxyl groups is 1. The fourth-order valence-electron chi connectivity index (χ4n) is 5.14. The Hall–Kier alpha value is -5.43. The van der Waals surface area contributed by atoms with Gasteiger partial charge in [-0.05, 0) is 63.1 Å². The van der Waals surface area contributed by atoms with Crippen LogP contribution >= 0.6 is 11.3 Å². The summed E-state index contributed by atoms with van der Waals surface area (Å²) in [7, 11) is 0. The Morgan fingerprint density at radius 3 is 2.38 bits per heavy atom. The van der Waals surface area contributed by atoms with Crippen LogP contribution in [-0.2, 0) is 16.1 Å². The van der Waals surface area contributed by atoms with Crippen LogP contribution in [0.3, 0.4) is 0 Å². The van der Waals surface area contributed by atoms with E-state index in [4.69, 9.17) is 23.9 Å². The van der Waals surface area contributed by atoms with Gasteiger partial charge in [-0.25, -0.2) is 9.79 Å². The molecule has 1 aromatic heterocycles. The number of carbonyl (C=O) groups excluding carboxylic acids is 1. The summed E-state index contributed by atoms with van der Waals surface area (Å²) < 4.78 is 24.2. The van der Waals surface area contributed by atoms with E-state index in [1.165, 1.54) is 22.8 Å². The molecule has 12 nitrogen and oxygen atoms in total. The number of aromatic nitrogens is 1. The predicted octanol–water partition coefficient (Wildman–Crippen LogP) is 4.90. The number of allylic oxidation sites excluding steroid dienone is 1. The molecule has 2 heterocycles. The Balaban J connectivity index is 1.69. The molecule has 1 aliphatic heterocycles. The number of benzene rings is 3. The van der Waals surface area contributed by atoms with Gasteiger partial charge in [-0.1, -0.05) is 47.7 Å². The van der Waals surface area contributed by atoms with E-state index in [-0.39, 0.29) is 74.7 Å². The van der Waals surface area contributed by atoms with E-state index in [0.29, 0.717) is 12.2 Å². The second-order valence-corrected chi connectivity index (χ2v) is 11.3. The number of phenols is 1. The van der Waals surface area contributed by atoms with Gasteiger partial charge in [0.2, 0.25) is 0 Å². The van der Waals surface area contributed by atoms with Crippen LogP contribution < -0.4 is 29.1 Å². The number of fused-ring (bicyclic) bond motifs is 1. The van der Waals surface area contributed by atoms with Crippen LogP contribution in [0.4, 0.5) is 5.69 Å². The van der Waals surface area contributed by atoms with Gasteiger partial charge >= 0.3 is 5.97 Å². The maximum atomic E-state index is 13.7. The lowest BCUT2D eigenvalue weighted by molar-refractivity contribution is -0.385. The van der Waals surface area contributed by atoms with E-state index in [2.05, 4.69) is 0 Å². The minimum absolute atomic E-state index is 0.0161. The maximum absolute atomic E-state index is 13.7. The highest BCUT2D eigenvalue weighted by Crippen LogP contribution is 2.43. The van der Waals surface area contributed by atoms with Crippen molar-refractivity contribution in [3.8, 4) is 23.0 Å². The summed E-state index contributed by atoms with van der Waals surface area (Å²) >= 11 is 1.06. The van der Waals surface area contributed by atoms with Gasteiger partial charge in [-0.2, -0.15) is 0 Å². The molecule has 0 amide bonds. The average Bonchev–Trinajstić information content (AvgIpc) is 3.36. The zero-order chi connectivity index (χ0) is 33.7. The Labute approximate surface area is 273 Å². The summed E-state index contributed by atoms with van der Waals surface area (Å²) in [5, 5.41) is 22.6. The molecular weight excluding hydrogens is 626 g/mol. The molecule has 0 radical (unpaired) electrons. The van der Waals surface area contributed by atoms with Gasteiger partial charge in [0, 0.05) is 5.70 Å². The van der Waals surface area contributed by atoms with Crippen molar-refractivity contribution < 1.29 is 33.8 Å². The summed E-state index contributed by atoms with van der Waals surface area (Å²) in [5.74, 6) is -0.135. The fraction of sp³-hybridized carbons (Fsp3) is 0.265. The van der Waals surface area contributed by atoms with E-state index in [9.17, 15) is 24.8 Å². The van der Waals surface area contributed by atoms with Crippen molar-refractivity contribution >= 4 is 34.8 Å². The standard InChI is InChI=1S/C34H33N3O9S/c1-5-43-26-15-22(13-14-25(26)38)16-29-32(39)36-20(4)30(33(40)45-7-3)31(35-34(36)47-29)23-17-27(44-6-2)28(18-24(23)37(41)42)46-19-21-11-9-8-10-12-21/h8-18,31,38H,5-7,19H2,1-4H3/b29-16-/t31-/m0/s1. The first-order valence-corrected chi connectivity index (χ1v) is 15.8. The van der Waals surface area contributed by atoms with Crippen LogP contribution in [0.25, 0.3) is 11.8 Å². The number of rotatable bonds is 12. The number of hydrogen-bond acceptors (Lipinski definition) is 11. The molecule has 1 aliphatic rings. The summed E-state index contributed by atoms with van der Waals surface area (Å²) in [6.45, 7) is 7.54. The number of nitro groups is 1. The molecule has 1 N–H and O–H groups in total. The quantitative estimate of drug-likeness (QED) is 0.127. The van der Waals surface area contributed by atoms with Crippen molar-refractivity contribution in [1.29, 1.82) is 0 Å². The monoisotopic (exact) mass is 659 g/mol. The molecule has 0 spiro atoms. The minimum Gasteiger partial charge on any atom is -0.504 e. The minimum atomic E-state index is -1.19. The van der Waals surface area contributed by atoms with Crippen LogP contribution in [0.2, 0.25) is 0 Å². The normalized spacial score (nSPS) is 14.3. The Kier molecular flexibility index (Phi) is 10.0. The number of esters is 1. The van der Waals surface area contributed by atoms with Crippen molar-refractivity contribution in [2.45, 2.75) is 40.3 Å². The van der Waals surface area contributed by atoms with Crippen molar-refractivity contribution in [3.63, 3.8) is 0 Å². The lowest BCUT2D eigenvalue weighted by Gasteiger charge is -2.23. The third kappa shape index (κ3) is 6.89. The number of phenolic OH excluding ortho intramolecular Hbond substituents is 1. The van der Waals surface area contributed by atoms with Gasteiger partial charge in [0.05, 0.1) is 46.5 Å². The highest BCUT2D eigenvalue weighted by molar-refractivity contribution is 7.07. The third-order valence-corrected chi connectivity index (χ3v) is 8.23. The summed E-state index contributed by atoms with van der Waals surface area (Å²) in [6.07, 6.45) is 1.62. The van der Waals surface area contributed by atoms with Crippen LogP contribution in [0, 0.1) is 10.1 Å². The van der Waals surface area contributed by atoms with Crippen LogP contribution in [-0.4, -0.2) is 40.4 Å². The van der Waals surface area contributed by atoms with Crippen LogP contribution in [0.15, 0.2) is 76.0 Å². The van der Waals surface area contributed by atoms with Gasteiger partial charge in [0.25, 0.3) is 11.2 Å². The van der Waals surface area contributed by atoms with Crippen LogP contribution in [0.1, 0.15) is 50.4 Å². The number of hydrogen-bond donors (Lipinski definition) is 1. The average molecular weight is 660 g/mol. The Morgan fingerprint density at radius 1 is 1.00 bits per heavy atom. The molecule has 13 heteroatoms. The first kappa shape index (κ1) is 32.9. The lowest BCUT2D eigenvalue weighted by atomic mass is 9.94. The van der Waals surface area contributed by atoms with Gasteiger partial charge < -0.3 is 24.1 Å². The summed E-state index contributed by atoms with van der Waals surface area (Å²) in [6, 6.07) is 15.6. The fourth-order valence-corrected chi connectivity index (χ4v) is 6.18. The zero-order valence-corrected chi connectivity index (χ0v) is 27.0. The van der Waals surface area contributed by atoms with E-state index in [1.54, 1.807) is 45.9 Å². The molecule has 244 valence electrons. The highest BCUT2D eigenvalue weighted by atomic mass is 32.1. The summed E-state index contributed by atoms with van der Waals surface area (Å²) in [5.41, 5.74) is 0.962. The third-order valence-electron chi connectivity index (χ3n) is 7.24. The molecule has 0 unspecified atom stereocenters. The molecule has 0 bridgehead atoms. The molecule has 0 fully saturated rings. The Morgan fingerprint density at radius 2 is 1.70 bits per heavy atom. The number of thiazole rings is 1. The number of nitro benzene ring substituents is 1. The number of ether oxygens (including phenoxy) is 4. The molecule has 4 aromatic rings. The van der Waals surface area contributed by atoms with E-state index >= 15 is 0 Å². The number of nitrogens with zero attached hydrogens (tertiary/aromatic N) is 3. The lowest BCUT2D eigenvalue weighted by Crippen LogP contribution is -2.35. The predicted molar refractivity (Wildman–Crippen MR) is 176 cm³/mol. The van der Waals surface area contributed by atoms with E-state index < -0.39 is 22.5 Å². The van der Waals surface area contributed by atoms with Gasteiger partial charge in [-0.3, -0.25) is 19.5 Å². The van der Waals surface area contributed by atoms with Gasteiger partial charge in [0.1, 0.15) is 12.6 Å². The Bertz CT molecular complexity index is 2030. The van der Waals surface area contributed by atoms with Crippen molar-refractivity contribution in [2.75, 3.05) is 19.8 Å². The SMILES string of the molecule is CCOC(=O)C1=C(C)n2c(s/c(=C\c3ccc(O)c(OCC)c3)c2=O)=N[C@H]1c1cc(OCC)c(OCc2ccccc2)cc1[N+](=O)[O-]. The first-order chi connectivity index (χ1) is 22.7. The molecule has 0 saturated carbocycles. The van der Waals surface area contributed by atoms with Crippen molar-refractivity contribution in [3.05, 3.63) is 113 Å². The molecule has 3 aromatic carbocycles. The molecular formula is C34H33N3O9S. The molecule has 5 rings (SSSR count). The highest BCUT2D eigenvalue weighted by Gasteiger charge is 2.36. The molecule has 0 saturated heterocycles. The zero-order valence-electron chi connectivity index (χ0n) is 26.2. The van der Waals surface area contributed by atoms with E-state index in [1.807, 2.05) is 30.3 Å². The van der Waals surface area contributed by atoms with Crippen molar-refractivity contribution in [2.24, 2.45) is 4.99 Å². The van der Waals surface area contributed by atoms with Gasteiger partial charge in [-0.15, -0.1) is 0 Å². The second kappa shape index (κ2) is 14.3. The molecule has 1 atom stereocenters. The van der Waals surface area contributed by atoms with E-state index in [0.717, 1.165) is 16.9 Å². The maximum Gasteiger partial charge on any atom is 0.338 e. The topological polar surface area (TPSA) is 152 Å². The largest absolute Gasteiger partial charge is 0.504 e. The second-order valence-electron chi connectivity index (χ2n) is 10.3.